The van der Waals surface area contributed by atoms with Crippen LogP contribution in [0.1, 0.15) is 51.1 Å². The number of carboxylic acid groups (broad SMARTS) is 1. The Bertz CT molecular complexity index is 1110. The monoisotopic (exact) mass is 416 g/mol. The van der Waals surface area contributed by atoms with Crippen LogP contribution in [0, 0.1) is 6.92 Å². The second-order valence-electron chi connectivity index (χ2n) is 7.14. The molecule has 0 radical (unpaired) electrons. The maximum Gasteiger partial charge on any atom is 0.337 e. The molecule has 1 atom stereocenters. The van der Waals surface area contributed by atoms with Gasteiger partial charge in [-0.25, -0.2) is 4.79 Å². The van der Waals surface area contributed by atoms with Crippen LogP contribution >= 0.6 is 0 Å². The largest absolute Gasteiger partial charge is 0.478 e. The van der Waals surface area contributed by atoms with Crippen molar-refractivity contribution < 1.29 is 19.5 Å². The van der Waals surface area contributed by atoms with Gasteiger partial charge in [0.25, 0.3) is 5.91 Å². The van der Waals surface area contributed by atoms with Gasteiger partial charge in [-0.3, -0.25) is 9.59 Å². The fourth-order valence-electron chi connectivity index (χ4n) is 3.46. The summed E-state index contributed by atoms with van der Waals surface area (Å²) < 4.78 is 0. The lowest BCUT2D eigenvalue weighted by Crippen LogP contribution is -2.22. The van der Waals surface area contributed by atoms with Gasteiger partial charge in [0, 0.05) is 11.3 Å². The van der Waals surface area contributed by atoms with E-state index in [1.54, 1.807) is 37.3 Å². The summed E-state index contributed by atoms with van der Waals surface area (Å²) >= 11 is 0. The molecule has 0 aliphatic rings. The highest BCUT2D eigenvalue weighted by atomic mass is 16.4. The van der Waals surface area contributed by atoms with Crippen LogP contribution in [0.3, 0.4) is 0 Å². The molecule has 3 rings (SSSR count). The molecule has 6 nitrogen and oxygen atoms in total. The van der Waals surface area contributed by atoms with Gasteiger partial charge in [-0.1, -0.05) is 55.5 Å². The second-order valence-corrected chi connectivity index (χ2v) is 7.14. The molecular weight excluding hydrogens is 392 g/mol. The molecule has 3 aromatic rings. The molecule has 2 amide bonds. The fourth-order valence-corrected chi connectivity index (χ4v) is 3.46. The number of carboxylic acids is 1. The predicted molar refractivity (Wildman–Crippen MR) is 121 cm³/mol. The van der Waals surface area contributed by atoms with E-state index in [2.05, 4.69) is 10.6 Å². The number of carbonyl (C=O) groups is 3. The minimum absolute atomic E-state index is 0.00612. The van der Waals surface area contributed by atoms with Crippen molar-refractivity contribution in [2.45, 2.75) is 26.2 Å². The van der Waals surface area contributed by atoms with E-state index in [0.29, 0.717) is 23.2 Å². The number of amides is 2. The molecule has 0 spiro atoms. The maximum atomic E-state index is 12.9. The molecule has 0 bridgehead atoms. The first-order valence-corrected chi connectivity index (χ1v) is 10.0. The topological polar surface area (TPSA) is 95.5 Å². The fraction of sp³-hybridized carbons (Fsp3) is 0.160. The van der Waals surface area contributed by atoms with Crippen LogP contribution < -0.4 is 10.6 Å². The van der Waals surface area contributed by atoms with Crippen LogP contribution in [0.15, 0.2) is 72.8 Å². The molecule has 0 saturated heterocycles. The molecule has 0 aliphatic carbocycles. The van der Waals surface area contributed by atoms with Crippen molar-refractivity contribution in [2.75, 3.05) is 10.6 Å². The van der Waals surface area contributed by atoms with Crippen molar-refractivity contribution in [3.63, 3.8) is 0 Å². The SMILES string of the molecule is CCC(C(=O)Nc1cccc(C(=O)Nc2ccccc2C(=O)O)c1C)c1ccccc1. The standard InChI is InChI=1S/C25H24N2O4/c1-3-18(17-10-5-4-6-11-17)23(28)26-21-15-9-13-19(16(21)2)24(29)27-22-14-8-7-12-20(22)25(30)31/h4-15,18H,3H2,1-2H3,(H,26,28)(H,27,29)(H,30,31). The molecule has 31 heavy (non-hydrogen) atoms. The predicted octanol–water partition coefficient (Wildman–Crippen LogP) is 5.08. The summed E-state index contributed by atoms with van der Waals surface area (Å²) in [6, 6.07) is 20.8. The smallest absolute Gasteiger partial charge is 0.337 e. The van der Waals surface area contributed by atoms with Gasteiger partial charge in [0.15, 0.2) is 0 Å². The van der Waals surface area contributed by atoms with Gasteiger partial charge in [-0.15, -0.1) is 0 Å². The Morgan fingerprint density at radius 1 is 0.806 bits per heavy atom. The average molecular weight is 416 g/mol. The first kappa shape index (κ1) is 21.8. The maximum absolute atomic E-state index is 12.9. The van der Waals surface area contributed by atoms with Gasteiger partial charge in [0.1, 0.15) is 0 Å². The minimum atomic E-state index is -1.12. The number of rotatable bonds is 7. The van der Waals surface area contributed by atoms with Gasteiger partial charge < -0.3 is 15.7 Å². The van der Waals surface area contributed by atoms with Crippen LogP contribution in [0.4, 0.5) is 11.4 Å². The van der Waals surface area contributed by atoms with Crippen LogP contribution in [0.5, 0.6) is 0 Å². The van der Waals surface area contributed by atoms with Crippen molar-refractivity contribution in [3.8, 4) is 0 Å². The molecule has 0 aliphatic heterocycles. The number of hydrogen-bond acceptors (Lipinski definition) is 3. The molecule has 0 heterocycles. The zero-order chi connectivity index (χ0) is 22.4. The Hall–Kier alpha value is -3.93. The summed E-state index contributed by atoms with van der Waals surface area (Å²) in [7, 11) is 0. The quantitative estimate of drug-likeness (QED) is 0.501. The van der Waals surface area contributed by atoms with Gasteiger partial charge >= 0.3 is 5.97 Å². The van der Waals surface area contributed by atoms with E-state index < -0.39 is 11.9 Å². The summed E-state index contributed by atoms with van der Waals surface area (Å²) in [5, 5.41) is 14.9. The number of benzene rings is 3. The van der Waals surface area contributed by atoms with Crippen molar-refractivity contribution in [1.29, 1.82) is 0 Å². The van der Waals surface area contributed by atoms with Crippen LogP contribution in [-0.4, -0.2) is 22.9 Å². The summed E-state index contributed by atoms with van der Waals surface area (Å²) in [6.07, 6.45) is 0.640. The normalized spacial score (nSPS) is 11.4. The second kappa shape index (κ2) is 9.71. The third-order valence-electron chi connectivity index (χ3n) is 5.17. The third-order valence-corrected chi connectivity index (χ3v) is 5.17. The molecule has 0 fully saturated rings. The van der Waals surface area contributed by atoms with E-state index in [-0.39, 0.29) is 23.1 Å². The number of carbonyl (C=O) groups excluding carboxylic acids is 2. The number of aromatic carboxylic acids is 1. The highest BCUT2D eigenvalue weighted by molar-refractivity contribution is 6.09. The van der Waals surface area contributed by atoms with Crippen LogP contribution in [0.25, 0.3) is 0 Å². The van der Waals surface area contributed by atoms with Crippen molar-refractivity contribution in [3.05, 3.63) is 95.1 Å². The van der Waals surface area contributed by atoms with Gasteiger partial charge in [-0.05, 0) is 48.7 Å². The molecule has 1 unspecified atom stereocenters. The van der Waals surface area contributed by atoms with E-state index in [1.807, 2.05) is 37.3 Å². The first-order chi connectivity index (χ1) is 14.9. The van der Waals surface area contributed by atoms with E-state index in [9.17, 15) is 19.5 Å². The lowest BCUT2D eigenvalue weighted by molar-refractivity contribution is -0.117. The summed E-state index contributed by atoms with van der Waals surface area (Å²) in [5.41, 5.74) is 2.64. The molecular formula is C25H24N2O4. The highest BCUT2D eigenvalue weighted by Crippen LogP contribution is 2.25. The molecule has 0 aromatic heterocycles. The Labute approximate surface area is 180 Å². The van der Waals surface area contributed by atoms with Crippen LogP contribution in [0.2, 0.25) is 0 Å². The number of anilines is 2. The Kier molecular flexibility index (Phi) is 6.82. The van der Waals surface area contributed by atoms with E-state index >= 15 is 0 Å². The van der Waals surface area contributed by atoms with Gasteiger partial charge in [0.2, 0.25) is 5.91 Å². The lowest BCUT2D eigenvalue weighted by atomic mass is 9.95. The zero-order valence-electron chi connectivity index (χ0n) is 17.4. The number of para-hydroxylation sites is 1. The lowest BCUT2D eigenvalue weighted by Gasteiger charge is -2.18. The average Bonchev–Trinajstić information content (AvgIpc) is 2.76. The summed E-state index contributed by atoms with van der Waals surface area (Å²) in [5.74, 6) is -2.02. The van der Waals surface area contributed by atoms with Crippen molar-refractivity contribution in [1.82, 2.24) is 0 Å². The van der Waals surface area contributed by atoms with Gasteiger partial charge in [0.05, 0.1) is 17.2 Å². The highest BCUT2D eigenvalue weighted by Gasteiger charge is 2.21. The molecule has 0 saturated carbocycles. The van der Waals surface area contributed by atoms with Gasteiger partial charge in [-0.2, -0.15) is 0 Å². The molecule has 6 heteroatoms. The molecule has 158 valence electrons. The first-order valence-electron chi connectivity index (χ1n) is 10.0. The zero-order valence-corrected chi connectivity index (χ0v) is 17.4. The van der Waals surface area contributed by atoms with E-state index in [0.717, 1.165) is 5.56 Å². The summed E-state index contributed by atoms with van der Waals surface area (Å²) in [6.45, 7) is 3.70. The van der Waals surface area contributed by atoms with Crippen LogP contribution in [-0.2, 0) is 4.79 Å². The molecule has 3 N–H and O–H groups in total. The van der Waals surface area contributed by atoms with Crippen molar-refractivity contribution >= 4 is 29.2 Å². The minimum Gasteiger partial charge on any atom is -0.478 e. The molecule has 3 aromatic carbocycles. The Morgan fingerprint density at radius 3 is 2.10 bits per heavy atom. The summed E-state index contributed by atoms with van der Waals surface area (Å²) in [4.78, 5) is 37.1. The van der Waals surface area contributed by atoms with Crippen molar-refractivity contribution in [2.24, 2.45) is 0 Å². The third kappa shape index (κ3) is 4.98. The number of hydrogen-bond donors (Lipinski definition) is 3. The Morgan fingerprint density at radius 2 is 1.42 bits per heavy atom. The number of nitrogens with one attached hydrogen (secondary N) is 2. The Balaban J connectivity index is 1.82. The van der Waals surface area contributed by atoms with E-state index in [4.69, 9.17) is 0 Å². The van der Waals surface area contributed by atoms with E-state index in [1.165, 1.54) is 12.1 Å².